The van der Waals surface area contributed by atoms with Crippen LogP contribution in [0.3, 0.4) is 0 Å². The minimum Gasteiger partial charge on any atom is -0.461 e. The lowest BCUT2D eigenvalue weighted by Crippen LogP contribution is -2.78. The zero-order chi connectivity index (χ0) is 43.8. The van der Waals surface area contributed by atoms with Gasteiger partial charge >= 0.3 is 71.4 Å². The third-order valence-corrected chi connectivity index (χ3v) is 8.39. The number of rotatable bonds is 27. The summed E-state index contributed by atoms with van der Waals surface area (Å²) in [5, 5.41) is 0. The molecular formula is C30H37F23O2. The Morgan fingerprint density at radius 3 is 0.800 bits per heavy atom. The van der Waals surface area contributed by atoms with E-state index in [4.69, 9.17) is 0 Å². The van der Waals surface area contributed by atoms with E-state index in [1.54, 1.807) is 0 Å². The van der Waals surface area contributed by atoms with Gasteiger partial charge in [0, 0.05) is 0 Å². The van der Waals surface area contributed by atoms with E-state index in [-0.39, 0.29) is 12.8 Å². The molecule has 0 heterocycles. The van der Waals surface area contributed by atoms with Crippen LogP contribution in [0.15, 0.2) is 0 Å². The van der Waals surface area contributed by atoms with Crippen LogP contribution in [0.1, 0.15) is 110 Å². The quantitative estimate of drug-likeness (QED) is 0.0467. The third kappa shape index (κ3) is 10.1. The van der Waals surface area contributed by atoms with Crippen molar-refractivity contribution in [3.05, 3.63) is 0 Å². The first kappa shape index (κ1) is 52.9. The standard InChI is InChI=1S/C30H37F23O2/c1-2-3-4-5-6-7-8-9-10-11-12-13-14-15-16-17-18-55-19(54)20(31,32)21(33,34)22(35,36)23(37,38)24(39,40)25(41,42)26(43,44)27(45,46)28(47,48)29(49,50)30(51,52)53/h2-18H2,1H3. The first-order valence-electron chi connectivity index (χ1n) is 16.5. The van der Waals surface area contributed by atoms with Crippen molar-refractivity contribution in [1.29, 1.82) is 0 Å². The number of ether oxygens (including phenoxy) is 1. The van der Waals surface area contributed by atoms with Crippen molar-refractivity contribution in [2.75, 3.05) is 6.61 Å². The Kier molecular flexibility index (Phi) is 17.9. The van der Waals surface area contributed by atoms with E-state index in [1.165, 1.54) is 12.8 Å². The second kappa shape index (κ2) is 18.6. The monoisotopic (exact) mass is 866 g/mol. The summed E-state index contributed by atoms with van der Waals surface area (Å²) in [5.41, 5.74) is 0. The molecule has 0 aliphatic carbocycles. The molecule has 0 N–H and O–H groups in total. The molecule has 0 atom stereocenters. The lowest BCUT2D eigenvalue weighted by Gasteiger charge is -2.44. The molecule has 0 radical (unpaired) electrons. The summed E-state index contributed by atoms with van der Waals surface area (Å²) < 4.78 is 314. The van der Waals surface area contributed by atoms with Crippen LogP contribution in [-0.4, -0.2) is 78.0 Å². The number of hydrogen-bond donors (Lipinski definition) is 0. The van der Waals surface area contributed by atoms with Crippen LogP contribution < -0.4 is 0 Å². The molecule has 0 amide bonds. The second-order valence-electron chi connectivity index (χ2n) is 12.7. The highest BCUT2D eigenvalue weighted by atomic mass is 19.4. The second-order valence-corrected chi connectivity index (χ2v) is 12.7. The van der Waals surface area contributed by atoms with Gasteiger partial charge in [-0.05, 0) is 6.42 Å². The van der Waals surface area contributed by atoms with Gasteiger partial charge in [0.2, 0.25) is 0 Å². The highest BCUT2D eigenvalue weighted by Crippen LogP contribution is 2.67. The predicted molar refractivity (Wildman–Crippen MR) is 146 cm³/mol. The van der Waals surface area contributed by atoms with E-state index in [2.05, 4.69) is 11.7 Å². The fraction of sp³-hybridized carbons (Fsp3) is 0.967. The summed E-state index contributed by atoms with van der Waals surface area (Å²) in [6, 6.07) is 0. The number of hydrogen-bond acceptors (Lipinski definition) is 2. The molecular weight excluding hydrogens is 829 g/mol. The fourth-order valence-electron chi connectivity index (χ4n) is 4.79. The van der Waals surface area contributed by atoms with Gasteiger partial charge in [-0.3, -0.25) is 0 Å². The molecule has 25 heteroatoms. The predicted octanol–water partition coefficient (Wildman–Crippen LogP) is 13.7. The van der Waals surface area contributed by atoms with Gasteiger partial charge in [-0.1, -0.05) is 103 Å². The number of alkyl halides is 23. The van der Waals surface area contributed by atoms with Crippen LogP contribution in [0.25, 0.3) is 0 Å². The summed E-state index contributed by atoms with van der Waals surface area (Å²) in [7, 11) is 0. The van der Waals surface area contributed by atoms with Crippen LogP contribution in [0.5, 0.6) is 0 Å². The summed E-state index contributed by atoms with van der Waals surface area (Å²) in [5.74, 6) is -93.4. The molecule has 0 bridgehead atoms. The summed E-state index contributed by atoms with van der Waals surface area (Å²) in [6.45, 7) is 0.721. The Hall–Kier alpha value is -2.14. The van der Waals surface area contributed by atoms with Gasteiger partial charge in [0.1, 0.15) is 0 Å². The highest BCUT2D eigenvalue weighted by molar-refractivity contribution is 5.79. The van der Waals surface area contributed by atoms with Gasteiger partial charge in [0.25, 0.3) is 0 Å². The van der Waals surface area contributed by atoms with Crippen molar-refractivity contribution in [2.45, 2.75) is 175 Å². The maximum Gasteiger partial charge on any atom is 0.460 e. The molecule has 55 heavy (non-hydrogen) atoms. The number of esters is 1. The average molecular weight is 867 g/mol. The van der Waals surface area contributed by atoms with Gasteiger partial charge in [0.15, 0.2) is 0 Å². The molecule has 0 unspecified atom stereocenters. The van der Waals surface area contributed by atoms with E-state index in [9.17, 15) is 106 Å². The van der Waals surface area contributed by atoms with Gasteiger partial charge in [-0.2, -0.15) is 101 Å². The lowest BCUT2D eigenvalue weighted by molar-refractivity contribution is -0.477. The average Bonchev–Trinajstić information content (AvgIpc) is 3.04. The molecule has 0 saturated heterocycles. The molecule has 0 spiro atoms. The van der Waals surface area contributed by atoms with E-state index in [1.807, 2.05) is 0 Å². The normalized spacial score (nSPS) is 15.1. The number of carbonyl (C=O) groups excluding carboxylic acids is 1. The third-order valence-electron chi connectivity index (χ3n) is 8.39. The van der Waals surface area contributed by atoms with Gasteiger partial charge in [-0.25, -0.2) is 4.79 Å². The van der Waals surface area contributed by atoms with Gasteiger partial charge in [0.05, 0.1) is 6.61 Å². The molecule has 0 aromatic carbocycles. The van der Waals surface area contributed by atoms with Crippen molar-refractivity contribution < 1.29 is 111 Å². The van der Waals surface area contributed by atoms with E-state index < -0.39 is 84.4 Å². The van der Waals surface area contributed by atoms with Gasteiger partial charge < -0.3 is 4.74 Å². The first-order chi connectivity index (χ1) is 24.5. The van der Waals surface area contributed by atoms with Crippen LogP contribution in [0, 0.1) is 0 Å². The Morgan fingerprint density at radius 1 is 0.327 bits per heavy atom. The SMILES string of the molecule is CCCCCCCCCCCCCCCCCCOC(=O)C(F)(F)C(F)(F)C(F)(F)C(F)(F)C(F)(F)C(F)(F)C(F)(F)C(F)(F)C(F)(F)C(F)(F)C(F)(F)F. The maximum atomic E-state index is 14.0. The van der Waals surface area contributed by atoms with Crippen molar-refractivity contribution in [2.24, 2.45) is 0 Å². The lowest BCUT2D eigenvalue weighted by atomic mass is 9.85. The van der Waals surface area contributed by atoms with Gasteiger partial charge in [-0.15, -0.1) is 0 Å². The van der Waals surface area contributed by atoms with E-state index in [0.29, 0.717) is 12.8 Å². The molecule has 0 rings (SSSR count). The zero-order valence-corrected chi connectivity index (χ0v) is 28.5. The molecule has 0 fully saturated rings. The number of halogens is 23. The van der Waals surface area contributed by atoms with Crippen LogP contribution >= 0.6 is 0 Å². The first-order valence-corrected chi connectivity index (χ1v) is 16.5. The minimum atomic E-state index is -9.49. The Balaban J connectivity index is 5.59. The number of unbranched alkanes of at least 4 members (excludes halogenated alkanes) is 15. The Morgan fingerprint density at radius 2 is 0.545 bits per heavy atom. The van der Waals surface area contributed by atoms with Crippen LogP contribution in [-0.2, 0) is 9.53 Å². The molecule has 0 aliphatic heterocycles. The topological polar surface area (TPSA) is 26.3 Å². The summed E-state index contributed by atoms with van der Waals surface area (Å²) in [4.78, 5) is 11.4. The fourth-order valence-corrected chi connectivity index (χ4v) is 4.79. The van der Waals surface area contributed by atoms with Crippen LogP contribution in [0.2, 0.25) is 0 Å². The van der Waals surface area contributed by atoms with E-state index >= 15 is 0 Å². The van der Waals surface area contributed by atoms with Crippen LogP contribution in [0.4, 0.5) is 101 Å². The molecule has 330 valence electrons. The maximum absolute atomic E-state index is 14.0. The smallest absolute Gasteiger partial charge is 0.460 e. The minimum absolute atomic E-state index is 0.0321. The summed E-state index contributed by atoms with van der Waals surface area (Å²) >= 11 is 0. The molecule has 0 aromatic heterocycles. The summed E-state index contributed by atoms with van der Waals surface area (Å²) in [6.07, 6.45) is 4.31. The van der Waals surface area contributed by atoms with Crippen molar-refractivity contribution >= 4 is 5.97 Å². The molecule has 0 saturated carbocycles. The molecule has 0 aliphatic rings. The van der Waals surface area contributed by atoms with Crippen molar-refractivity contribution in [3.63, 3.8) is 0 Å². The largest absolute Gasteiger partial charge is 0.461 e. The van der Waals surface area contributed by atoms with Crippen molar-refractivity contribution in [1.82, 2.24) is 0 Å². The Labute approximate surface area is 298 Å². The van der Waals surface area contributed by atoms with E-state index in [0.717, 1.165) is 57.8 Å². The number of carbonyl (C=O) groups is 1. The van der Waals surface area contributed by atoms with Crippen molar-refractivity contribution in [3.8, 4) is 0 Å². The molecule has 0 aromatic rings. The Bertz CT molecular complexity index is 1180. The highest BCUT2D eigenvalue weighted by Gasteiger charge is 2.99. The molecule has 2 nitrogen and oxygen atoms in total. The zero-order valence-electron chi connectivity index (χ0n) is 28.5.